The highest BCUT2D eigenvalue weighted by molar-refractivity contribution is 6.02. The second-order valence-corrected chi connectivity index (χ2v) is 5.62. The molecule has 4 nitrogen and oxygen atoms in total. The van der Waals surface area contributed by atoms with Gasteiger partial charge >= 0.3 is 0 Å². The van der Waals surface area contributed by atoms with Crippen molar-refractivity contribution < 1.29 is 9.59 Å². The molecule has 0 amide bonds. The summed E-state index contributed by atoms with van der Waals surface area (Å²) >= 11 is 0. The first kappa shape index (κ1) is 13.0. The van der Waals surface area contributed by atoms with Gasteiger partial charge in [-0.2, -0.15) is 0 Å². The zero-order chi connectivity index (χ0) is 14.1. The van der Waals surface area contributed by atoms with Crippen LogP contribution in [0.3, 0.4) is 0 Å². The quantitative estimate of drug-likeness (QED) is 0.686. The normalized spacial score (nSPS) is 16.4. The molecular formula is C16H18N2O2. The second kappa shape index (κ2) is 5.19. The van der Waals surface area contributed by atoms with Gasteiger partial charge in [-0.05, 0) is 37.5 Å². The molecule has 20 heavy (non-hydrogen) atoms. The van der Waals surface area contributed by atoms with Crippen molar-refractivity contribution in [2.75, 3.05) is 0 Å². The van der Waals surface area contributed by atoms with E-state index in [1.807, 2.05) is 19.1 Å². The van der Waals surface area contributed by atoms with Crippen LogP contribution in [0.15, 0.2) is 12.1 Å². The van der Waals surface area contributed by atoms with Crippen LogP contribution in [0.1, 0.15) is 58.6 Å². The molecule has 3 rings (SSSR count). The van der Waals surface area contributed by atoms with Crippen molar-refractivity contribution in [2.45, 2.75) is 39.0 Å². The lowest BCUT2D eigenvalue weighted by Crippen LogP contribution is -2.18. The third kappa shape index (κ3) is 2.26. The molecule has 4 heteroatoms. The van der Waals surface area contributed by atoms with Crippen molar-refractivity contribution >= 4 is 23.1 Å². The van der Waals surface area contributed by atoms with E-state index in [0.29, 0.717) is 17.6 Å². The average Bonchev–Trinajstić information content (AvgIpc) is 2.88. The first-order chi connectivity index (χ1) is 9.69. The molecule has 0 atom stereocenters. The number of Topliss-reactive ketones (excluding diaryl/α,β-unsaturated/α-hetero) is 1. The molecule has 0 unspecified atom stereocenters. The van der Waals surface area contributed by atoms with Crippen LogP contribution in [0.2, 0.25) is 0 Å². The van der Waals surface area contributed by atoms with E-state index < -0.39 is 0 Å². The lowest BCUT2D eigenvalue weighted by Gasteiger charge is -2.21. The van der Waals surface area contributed by atoms with Gasteiger partial charge in [0, 0.05) is 11.5 Å². The van der Waals surface area contributed by atoms with E-state index in [2.05, 4.69) is 9.97 Å². The standard InChI is InChI=1S/C16H18N2O2/c1-10-7-13-14(18-15(9-19)17-13)8-12(10)16(20)11-5-3-2-4-6-11/h7-9,11H,2-6H2,1H3,(H,17,18). The molecule has 2 aromatic rings. The molecule has 1 saturated carbocycles. The van der Waals surface area contributed by atoms with Crippen molar-refractivity contribution in [1.82, 2.24) is 9.97 Å². The number of fused-ring (bicyclic) bond motifs is 1. The number of nitrogens with one attached hydrogen (secondary N) is 1. The van der Waals surface area contributed by atoms with Gasteiger partial charge in [-0.1, -0.05) is 19.3 Å². The number of carbonyl (C=O) groups excluding carboxylic acids is 2. The van der Waals surface area contributed by atoms with Gasteiger partial charge < -0.3 is 4.98 Å². The lowest BCUT2D eigenvalue weighted by molar-refractivity contribution is 0.0889. The molecule has 0 spiro atoms. The second-order valence-electron chi connectivity index (χ2n) is 5.62. The summed E-state index contributed by atoms with van der Waals surface area (Å²) in [7, 11) is 0. The van der Waals surface area contributed by atoms with Crippen molar-refractivity contribution in [3.8, 4) is 0 Å². The molecule has 0 aliphatic heterocycles. The van der Waals surface area contributed by atoms with Crippen LogP contribution in [0.25, 0.3) is 11.0 Å². The summed E-state index contributed by atoms with van der Waals surface area (Å²) in [5, 5.41) is 0. The topological polar surface area (TPSA) is 62.8 Å². The number of aromatic nitrogens is 2. The van der Waals surface area contributed by atoms with E-state index in [0.717, 1.165) is 42.3 Å². The Hall–Kier alpha value is -1.97. The molecule has 0 radical (unpaired) electrons. The monoisotopic (exact) mass is 270 g/mol. The minimum absolute atomic E-state index is 0.157. The Morgan fingerprint density at radius 3 is 2.75 bits per heavy atom. The maximum Gasteiger partial charge on any atom is 0.185 e. The summed E-state index contributed by atoms with van der Waals surface area (Å²) in [6.07, 6.45) is 6.22. The molecule has 1 fully saturated rings. The number of imidazole rings is 1. The molecule has 1 aliphatic rings. The number of aryl methyl sites for hydroxylation is 1. The van der Waals surface area contributed by atoms with E-state index >= 15 is 0 Å². The van der Waals surface area contributed by atoms with Gasteiger partial charge in [0.25, 0.3) is 0 Å². The predicted octanol–water partition coefficient (Wildman–Crippen LogP) is 3.45. The summed E-state index contributed by atoms with van der Waals surface area (Å²) in [5.74, 6) is 0.700. The zero-order valence-corrected chi connectivity index (χ0v) is 11.6. The number of H-pyrrole nitrogens is 1. The molecule has 1 aromatic carbocycles. The molecular weight excluding hydrogens is 252 g/mol. The molecule has 1 aromatic heterocycles. The summed E-state index contributed by atoms with van der Waals surface area (Å²) in [5.41, 5.74) is 3.21. The van der Waals surface area contributed by atoms with Gasteiger partial charge in [0.1, 0.15) is 0 Å². The van der Waals surface area contributed by atoms with Crippen LogP contribution < -0.4 is 0 Å². The number of aromatic amines is 1. The largest absolute Gasteiger partial charge is 0.336 e. The number of hydrogen-bond acceptors (Lipinski definition) is 3. The van der Waals surface area contributed by atoms with Crippen molar-refractivity contribution in [3.63, 3.8) is 0 Å². The van der Waals surface area contributed by atoms with Crippen LogP contribution in [0.5, 0.6) is 0 Å². The fourth-order valence-corrected chi connectivity index (χ4v) is 3.09. The third-order valence-corrected chi connectivity index (χ3v) is 4.20. The minimum Gasteiger partial charge on any atom is -0.336 e. The summed E-state index contributed by atoms with van der Waals surface area (Å²) in [6, 6.07) is 3.73. The Morgan fingerprint density at radius 2 is 2.05 bits per heavy atom. The molecule has 0 bridgehead atoms. The molecule has 0 saturated heterocycles. The summed E-state index contributed by atoms with van der Waals surface area (Å²) in [6.45, 7) is 1.94. The van der Waals surface area contributed by atoms with Gasteiger partial charge in [0.15, 0.2) is 17.9 Å². The Balaban J connectivity index is 1.99. The highest BCUT2D eigenvalue weighted by atomic mass is 16.1. The number of ketones is 1. The van der Waals surface area contributed by atoms with Crippen LogP contribution in [0, 0.1) is 12.8 Å². The predicted molar refractivity (Wildman–Crippen MR) is 77.1 cm³/mol. The van der Waals surface area contributed by atoms with E-state index in [1.54, 1.807) is 0 Å². The maximum absolute atomic E-state index is 12.6. The van der Waals surface area contributed by atoms with Crippen molar-refractivity contribution in [3.05, 3.63) is 29.1 Å². The Morgan fingerprint density at radius 1 is 1.30 bits per heavy atom. The number of hydrogen-bond donors (Lipinski definition) is 1. The fraction of sp³-hybridized carbons (Fsp3) is 0.438. The number of rotatable bonds is 3. The zero-order valence-electron chi connectivity index (χ0n) is 11.6. The van der Waals surface area contributed by atoms with Crippen LogP contribution >= 0.6 is 0 Å². The number of carbonyl (C=O) groups is 2. The highest BCUT2D eigenvalue weighted by Gasteiger charge is 2.24. The van der Waals surface area contributed by atoms with E-state index in [1.165, 1.54) is 6.42 Å². The van der Waals surface area contributed by atoms with Gasteiger partial charge in [-0.15, -0.1) is 0 Å². The molecule has 104 valence electrons. The van der Waals surface area contributed by atoms with Crippen LogP contribution in [-0.4, -0.2) is 22.0 Å². The molecule has 1 heterocycles. The van der Waals surface area contributed by atoms with E-state index in [9.17, 15) is 9.59 Å². The maximum atomic E-state index is 12.6. The SMILES string of the molecule is Cc1cc2[nH]c(C=O)nc2cc1C(=O)C1CCCCC1. The van der Waals surface area contributed by atoms with Crippen LogP contribution in [-0.2, 0) is 0 Å². The van der Waals surface area contributed by atoms with Crippen molar-refractivity contribution in [2.24, 2.45) is 5.92 Å². The van der Waals surface area contributed by atoms with Gasteiger partial charge in [0.2, 0.25) is 0 Å². The summed E-state index contributed by atoms with van der Waals surface area (Å²) < 4.78 is 0. The van der Waals surface area contributed by atoms with Crippen molar-refractivity contribution in [1.29, 1.82) is 0 Å². The first-order valence-corrected chi connectivity index (χ1v) is 7.19. The van der Waals surface area contributed by atoms with Gasteiger partial charge in [-0.25, -0.2) is 4.98 Å². The number of aldehydes is 1. The Kier molecular flexibility index (Phi) is 3.38. The highest BCUT2D eigenvalue weighted by Crippen LogP contribution is 2.29. The lowest BCUT2D eigenvalue weighted by atomic mass is 9.83. The van der Waals surface area contributed by atoms with E-state index in [4.69, 9.17) is 0 Å². The van der Waals surface area contributed by atoms with E-state index in [-0.39, 0.29) is 11.7 Å². The van der Waals surface area contributed by atoms with Gasteiger partial charge in [-0.3, -0.25) is 9.59 Å². The Bertz CT molecular complexity index is 666. The summed E-state index contributed by atoms with van der Waals surface area (Å²) in [4.78, 5) is 30.5. The molecule has 1 N–H and O–H groups in total. The van der Waals surface area contributed by atoms with Gasteiger partial charge in [0.05, 0.1) is 11.0 Å². The average molecular weight is 270 g/mol. The Labute approximate surface area is 117 Å². The smallest absolute Gasteiger partial charge is 0.185 e. The fourth-order valence-electron chi connectivity index (χ4n) is 3.09. The number of nitrogens with zero attached hydrogens (tertiary/aromatic N) is 1. The number of benzene rings is 1. The molecule has 1 aliphatic carbocycles. The minimum atomic E-state index is 0.157. The third-order valence-electron chi connectivity index (χ3n) is 4.20. The first-order valence-electron chi connectivity index (χ1n) is 7.19. The van der Waals surface area contributed by atoms with Crippen LogP contribution in [0.4, 0.5) is 0 Å².